The summed E-state index contributed by atoms with van der Waals surface area (Å²) in [5.74, 6) is 0.106. The first-order chi connectivity index (χ1) is 7.58. The average molecular weight is 285 g/mol. The summed E-state index contributed by atoms with van der Waals surface area (Å²) in [6, 6.07) is 4.44. The zero-order valence-electron chi connectivity index (χ0n) is 8.27. The lowest BCUT2D eigenvalue weighted by Gasteiger charge is -2.04. The molecule has 1 saturated carbocycles. The van der Waals surface area contributed by atoms with Gasteiger partial charge in [0.1, 0.15) is 0 Å². The lowest BCUT2D eigenvalue weighted by Crippen LogP contribution is -2.13. The number of carbonyl (C=O) groups is 1. The highest BCUT2D eigenvalue weighted by Crippen LogP contribution is 2.32. The van der Waals surface area contributed by atoms with E-state index in [0.717, 1.165) is 12.8 Å². The minimum absolute atomic E-state index is 0.00980. The van der Waals surface area contributed by atoms with Crippen molar-refractivity contribution in [1.29, 1.82) is 0 Å². The van der Waals surface area contributed by atoms with Gasteiger partial charge in [-0.1, -0.05) is 0 Å². The van der Waals surface area contributed by atoms with E-state index < -0.39 is 4.92 Å². The van der Waals surface area contributed by atoms with Gasteiger partial charge in [0, 0.05) is 17.7 Å². The molecule has 1 aromatic carbocycles. The van der Waals surface area contributed by atoms with E-state index in [1.54, 1.807) is 6.07 Å². The van der Waals surface area contributed by atoms with E-state index in [4.69, 9.17) is 0 Å². The Hall–Kier alpha value is -1.43. The van der Waals surface area contributed by atoms with Crippen LogP contribution in [0.15, 0.2) is 22.7 Å². The molecule has 0 heterocycles. The van der Waals surface area contributed by atoms with Gasteiger partial charge in [0.05, 0.1) is 9.40 Å². The lowest BCUT2D eigenvalue weighted by molar-refractivity contribution is -0.385. The van der Waals surface area contributed by atoms with Crippen molar-refractivity contribution in [2.75, 3.05) is 5.32 Å². The van der Waals surface area contributed by atoms with Crippen molar-refractivity contribution in [2.24, 2.45) is 5.92 Å². The number of rotatable bonds is 3. The maximum atomic E-state index is 11.4. The Morgan fingerprint density at radius 3 is 2.69 bits per heavy atom. The quantitative estimate of drug-likeness (QED) is 0.685. The fraction of sp³-hybridized carbons (Fsp3) is 0.300. The van der Waals surface area contributed by atoms with Gasteiger partial charge in [-0.25, -0.2) is 0 Å². The molecule has 0 radical (unpaired) electrons. The van der Waals surface area contributed by atoms with Crippen molar-refractivity contribution in [3.05, 3.63) is 32.8 Å². The van der Waals surface area contributed by atoms with Crippen molar-refractivity contribution >= 4 is 33.2 Å². The summed E-state index contributed by atoms with van der Waals surface area (Å²) in [5.41, 5.74) is 0.568. The highest BCUT2D eigenvalue weighted by Gasteiger charge is 2.29. The van der Waals surface area contributed by atoms with Crippen molar-refractivity contribution in [1.82, 2.24) is 0 Å². The van der Waals surface area contributed by atoms with Crippen LogP contribution in [0.2, 0.25) is 0 Å². The minimum atomic E-state index is -0.476. The largest absolute Gasteiger partial charge is 0.326 e. The summed E-state index contributed by atoms with van der Waals surface area (Å²) >= 11 is 3.10. The number of halogens is 1. The number of nitrogens with zero attached hydrogens (tertiary/aromatic N) is 1. The van der Waals surface area contributed by atoms with Gasteiger partial charge >= 0.3 is 0 Å². The molecule has 0 aromatic heterocycles. The fourth-order valence-corrected chi connectivity index (χ4v) is 1.85. The van der Waals surface area contributed by atoms with Gasteiger partial charge in [0.2, 0.25) is 5.91 Å². The number of carbonyl (C=O) groups excluding carboxylic acids is 1. The Morgan fingerprint density at radius 2 is 2.19 bits per heavy atom. The predicted molar refractivity (Wildman–Crippen MR) is 62.2 cm³/mol. The number of nitrogens with one attached hydrogen (secondary N) is 1. The minimum Gasteiger partial charge on any atom is -0.326 e. The third-order valence-corrected chi connectivity index (χ3v) is 3.00. The Labute approximate surface area is 100 Å². The molecule has 0 atom stereocenters. The summed E-state index contributed by atoms with van der Waals surface area (Å²) in [4.78, 5) is 21.5. The molecule has 5 nitrogen and oxygen atoms in total. The molecule has 1 amide bonds. The number of hydrogen-bond acceptors (Lipinski definition) is 3. The molecule has 16 heavy (non-hydrogen) atoms. The smallest absolute Gasteiger partial charge is 0.283 e. The molecule has 6 heteroatoms. The van der Waals surface area contributed by atoms with Crippen molar-refractivity contribution < 1.29 is 9.72 Å². The second kappa shape index (κ2) is 4.21. The normalized spacial score (nSPS) is 14.6. The summed E-state index contributed by atoms with van der Waals surface area (Å²) in [6.45, 7) is 0. The molecule has 0 spiro atoms. The zero-order chi connectivity index (χ0) is 11.7. The van der Waals surface area contributed by atoms with Gasteiger partial charge < -0.3 is 5.32 Å². The molecule has 0 unspecified atom stereocenters. The molecule has 1 N–H and O–H groups in total. The van der Waals surface area contributed by atoms with E-state index >= 15 is 0 Å². The molecule has 0 bridgehead atoms. The van der Waals surface area contributed by atoms with E-state index in [-0.39, 0.29) is 17.5 Å². The monoisotopic (exact) mass is 284 g/mol. The van der Waals surface area contributed by atoms with Crippen LogP contribution < -0.4 is 5.32 Å². The first-order valence-corrected chi connectivity index (χ1v) is 5.62. The Morgan fingerprint density at radius 1 is 1.50 bits per heavy atom. The molecule has 1 fully saturated rings. The third-order valence-electron chi connectivity index (χ3n) is 2.36. The summed E-state index contributed by atoms with van der Waals surface area (Å²) in [7, 11) is 0. The molecule has 0 aliphatic heterocycles. The standard InChI is InChI=1S/C10H9BrN2O3/c11-8-5-7(3-4-9(8)13(15)16)12-10(14)6-1-2-6/h3-6H,1-2H2,(H,12,14). The fourth-order valence-electron chi connectivity index (χ4n) is 1.32. The maximum Gasteiger partial charge on any atom is 0.283 e. The van der Waals surface area contributed by atoms with Gasteiger partial charge in [-0.15, -0.1) is 0 Å². The van der Waals surface area contributed by atoms with Crippen LogP contribution in [0.4, 0.5) is 11.4 Å². The SMILES string of the molecule is O=C(Nc1ccc([N+](=O)[O-])c(Br)c1)C1CC1. The number of hydrogen-bond donors (Lipinski definition) is 1. The second-order valence-electron chi connectivity index (χ2n) is 3.69. The molecule has 1 aromatic rings. The first kappa shape index (κ1) is 11.1. The predicted octanol–water partition coefficient (Wildman–Crippen LogP) is 2.71. The van der Waals surface area contributed by atoms with Crippen LogP contribution in [0.1, 0.15) is 12.8 Å². The van der Waals surface area contributed by atoms with Gasteiger partial charge in [0.25, 0.3) is 5.69 Å². The maximum absolute atomic E-state index is 11.4. The van der Waals surface area contributed by atoms with E-state index in [1.165, 1.54) is 12.1 Å². The van der Waals surface area contributed by atoms with Crippen molar-refractivity contribution in [2.45, 2.75) is 12.8 Å². The molecule has 1 aliphatic rings. The van der Waals surface area contributed by atoms with Crippen LogP contribution in [0.3, 0.4) is 0 Å². The van der Waals surface area contributed by atoms with Gasteiger partial charge in [-0.3, -0.25) is 14.9 Å². The van der Waals surface area contributed by atoms with E-state index in [2.05, 4.69) is 21.2 Å². The number of nitro groups is 1. The summed E-state index contributed by atoms with van der Waals surface area (Å²) < 4.78 is 0.367. The lowest BCUT2D eigenvalue weighted by atomic mass is 10.2. The Balaban J connectivity index is 2.14. The van der Waals surface area contributed by atoms with E-state index in [0.29, 0.717) is 10.2 Å². The van der Waals surface area contributed by atoms with Crippen LogP contribution in [-0.2, 0) is 4.79 Å². The van der Waals surface area contributed by atoms with Crippen LogP contribution in [0.25, 0.3) is 0 Å². The van der Waals surface area contributed by atoms with Gasteiger partial charge in [0.15, 0.2) is 0 Å². The Kier molecular flexibility index (Phi) is 2.91. The number of nitro benzene ring substituents is 1. The van der Waals surface area contributed by atoms with Crippen LogP contribution in [0, 0.1) is 16.0 Å². The third kappa shape index (κ3) is 2.38. The molecule has 0 saturated heterocycles. The van der Waals surface area contributed by atoms with Crippen molar-refractivity contribution in [3.63, 3.8) is 0 Å². The molecule has 1 aliphatic carbocycles. The molecule has 84 valence electrons. The summed E-state index contributed by atoms with van der Waals surface area (Å²) in [6.07, 6.45) is 1.86. The van der Waals surface area contributed by atoms with Gasteiger partial charge in [-0.05, 0) is 40.9 Å². The molecule has 2 rings (SSSR count). The molecular formula is C10H9BrN2O3. The highest BCUT2D eigenvalue weighted by atomic mass is 79.9. The summed E-state index contributed by atoms with van der Waals surface area (Å²) in [5, 5.41) is 13.3. The van der Waals surface area contributed by atoms with E-state index in [1.807, 2.05) is 0 Å². The van der Waals surface area contributed by atoms with Crippen LogP contribution in [0.5, 0.6) is 0 Å². The topological polar surface area (TPSA) is 72.2 Å². The van der Waals surface area contributed by atoms with Crippen LogP contribution >= 0.6 is 15.9 Å². The average Bonchev–Trinajstić information content (AvgIpc) is 2.99. The number of anilines is 1. The van der Waals surface area contributed by atoms with E-state index in [9.17, 15) is 14.9 Å². The first-order valence-electron chi connectivity index (χ1n) is 4.83. The van der Waals surface area contributed by atoms with Crippen molar-refractivity contribution in [3.8, 4) is 0 Å². The Bertz CT molecular complexity index is 457. The van der Waals surface area contributed by atoms with Crippen LogP contribution in [-0.4, -0.2) is 10.8 Å². The number of amides is 1. The number of benzene rings is 1. The zero-order valence-corrected chi connectivity index (χ0v) is 9.86. The second-order valence-corrected chi connectivity index (χ2v) is 4.54. The molecular weight excluding hydrogens is 276 g/mol. The van der Waals surface area contributed by atoms with Gasteiger partial charge in [-0.2, -0.15) is 0 Å². The highest BCUT2D eigenvalue weighted by molar-refractivity contribution is 9.10.